The molecule has 0 aromatic heterocycles. The Labute approximate surface area is 120 Å². The summed E-state index contributed by atoms with van der Waals surface area (Å²) in [5.41, 5.74) is -0.427. The van der Waals surface area contributed by atoms with Gasteiger partial charge in [0.25, 0.3) is 0 Å². The molecule has 0 N–H and O–H groups in total. The van der Waals surface area contributed by atoms with Crippen LogP contribution in [0.5, 0.6) is 0 Å². The fourth-order valence-electron chi connectivity index (χ4n) is 3.14. The van der Waals surface area contributed by atoms with Crippen LogP contribution in [0.2, 0.25) is 0 Å². The molecule has 0 spiro atoms. The normalized spacial score (nSPS) is 28.4. The number of carbonyl (C=O) groups excluding carboxylic acids is 1. The van der Waals surface area contributed by atoms with E-state index < -0.39 is 20.5 Å². The van der Waals surface area contributed by atoms with Crippen LogP contribution >= 0.6 is 0 Å². The van der Waals surface area contributed by atoms with Gasteiger partial charge in [-0.1, -0.05) is 12.8 Å². The van der Waals surface area contributed by atoms with Crippen molar-refractivity contribution in [3.8, 4) is 6.07 Å². The fraction of sp³-hybridized carbons (Fsp3) is 0.857. The van der Waals surface area contributed by atoms with Crippen molar-refractivity contribution in [1.82, 2.24) is 0 Å². The van der Waals surface area contributed by atoms with Crippen LogP contribution in [0.25, 0.3) is 0 Å². The summed E-state index contributed by atoms with van der Waals surface area (Å²) < 4.78 is 29.8. The molecule has 2 atom stereocenters. The van der Waals surface area contributed by atoms with Crippen molar-refractivity contribution in [3.05, 3.63) is 0 Å². The molecule has 2 unspecified atom stereocenters. The van der Waals surface area contributed by atoms with E-state index in [1.165, 1.54) is 7.11 Å². The second kappa shape index (κ2) is 5.72. The predicted molar refractivity (Wildman–Crippen MR) is 73.4 cm³/mol. The smallest absolute Gasteiger partial charge is 0.306 e. The summed E-state index contributed by atoms with van der Waals surface area (Å²) in [6.45, 7) is 0. The third-order valence-corrected chi connectivity index (χ3v) is 7.04. The van der Waals surface area contributed by atoms with Crippen LogP contribution in [0, 0.1) is 22.7 Å². The zero-order valence-corrected chi connectivity index (χ0v) is 12.6. The number of nitrogens with zero attached hydrogens (tertiary/aromatic N) is 1. The highest BCUT2D eigenvalue weighted by atomic mass is 32.2. The first-order valence-electron chi connectivity index (χ1n) is 7.10. The molecule has 2 aliphatic rings. The second-order valence-electron chi connectivity index (χ2n) is 6.12. The van der Waals surface area contributed by atoms with Crippen LogP contribution in [0.15, 0.2) is 0 Å². The third-order valence-electron chi connectivity index (χ3n) is 4.54. The van der Waals surface area contributed by atoms with E-state index >= 15 is 0 Å². The minimum atomic E-state index is -3.32. The Bertz CT molecular complexity index is 516. The molecule has 0 bridgehead atoms. The van der Waals surface area contributed by atoms with Crippen LogP contribution in [0.4, 0.5) is 0 Å². The zero-order valence-electron chi connectivity index (χ0n) is 11.8. The molecule has 20 heavy (non-hydrogen) atoms. The van der Waals surface area contributed by atoms with Gasteiger partial charge in [-0.3, -0.25) is 4.79 Å². The number of methoxy groups -OCH3 is 1. The number of ether oxygens (including phenoxy) is 1. The summed E-state index contributed by atoms with van der Waals surface area (Å²) in [6.07, 6.45) is 4.73. The van der Waals surface area contributed by atoms with Crippen LogP contribution in [-0.2, 0) is 19.4 Å². The van der Waals surface area contributed by atoms with E-state index in [2.05, 4.69) is 10.8 Å². The first-order chi connectivity index (χ1) is 9.42. The fourth-order valence-corrected chi connectivity index (χ4v) is 5.82. The van der Waals surface area contributed by atoms with E-state index in [1.54, 1.807) is 0 Å². The number of sulfone groups is 1. The van der Waals surface area contributed by atoms with Crippen molar-refractivity contribution >= 4 is 15.8 Å². The van der Waals surface area contributed by atoms with E-state index in [-0.39, 0.29) is 24.1 Å². The Balaban J connectivity index is 2.07. The maximum atomic E-state index is 12.6. The maximum absolute atomic E-state index is 12.6. The summed E-state index contributed by atoms with van der Waals surface area (Å²) in [5.74, 6) is -0.710. The van der Waals surface area contributed by atoms with Gasteiger partial charge in [0.05, 0.1) is 36.5 Å². The molecule has 0 heterocycles. The van der Waals surface area contributed by atoms with Gasteiger partial charge in [0.2, 0.25) is 0 Å². The number of carbonyl (C=O) groups is 1. The first-order valence-corrected chi connectivity index (χ1v) is 8.82. The van der Waals surface area contributed by atoms with Gasteiger partial charge in [0, 0.05) is 0 Å². The van der Waals surface area contributed by atoms with Crippen molar-refractivity contribution < 1.29 is 17.9 Å². The Kier molecular flexibility index (Phi) is 4.38. The van der Waals surface area contributed by atoms with E-state index in [9.17, 15) is 13.2 Å². The molecule has 2 fully saturated rings. The molecule has 5 nitrogen and oxygen atoms in total. The van der Waals surface area contributed by atoms with Gasteiger partial charge < -0.3 is 4.74 Å². The number of nitriles is 1. The SMILES string of the molecule is COC(=O)CC1(CS(=O)(=O)C2CCCCC2C#N)CC1. The lowest BCUT2D eigenvalue weighted by atomic mass is 9.90. The summed E-state index contributed by atoms with van der Waals surface area (Å²) in [6, 6.07) is 2.15. The highest BCUT2D eigenvalue weighted by Crippen LogP contribution is 2.51. The van der Waals surface area contributed by atoms with E-state index in [0.717, 1.165) is 25.7 Å². The molecular weight excluding hydrogens is 278 g/mol. The highest BCUT2D eigenvalue weighted by molar-refractivity contribution is 7.92. The molecule has 0 saturated heterocycles. The lowest BCUT2D eigenvalue weighted by Gasteiger charge is -2.28. The molecule has 0 radical (unpaired) electrons. The van der Waals surface area contributed by atoms with Gasteiger partial charge in [0.1, 0.15) is 0 Å². The van der Waals surface area contributed by atoms with Gasteiger partial charge in [-0.15, -0.1) is 0 Å². The van der Waals surface area contributed by atoms with Crippen LogP contribution in [0.1, 0.15) is 44.9 Å². The number of hydrogen-bond donors (Lipinski definition) is 0. The second-order valence-corrected chi connectivity index (χ2v) is 8.34. The number of esters is 1. The average molecular weight is 299 g/mol. The van der Waals surface area contributed by atoms with E-state index in [0.29, 0.717) is 12.8 Å². The molecule has 0 aromatic carbocycles. The summed E-state index contributed by atoms with van der Waals surface area (Å²) in [5, 5.41) is 8.59. The molecule has 112 valence electrons. The molecular formula is C14H21NO4S. The first kappa shape index (κ1) is 15.3. The van der Waals surface area contributed by atoms with E-state index in [4.69, 9.17) is 5.26 Å². The van der Waals surface area contributed by atoms with Crippen LogP contribution < -0.4 is 0 Å². The van der Waals surface area contributed by atoms with Gasteiger partial charge in [-0.2, -0.15) is 5.26 Å². The summed E-state index contributed by atoms with van der Waals surface area (Å²) >= 11 is 0. The van der Waals surface area contributed by atoms with E-state index in [1.807, 2.05) is 0 Å². The van der Waals surface area contributed by atoms with Gasteiger partial charge >= 0.3 is 5.97 Å². The highest BCUT2D eigenvalue weighted by Gasteiger charge is 2.50. The number of hydrogen-bond acceptors (Lipinski definition) is 5. The average Bonchev–Trinajstić information content (AvgIpc) is 3.16. The van der Waals surface area contributed by atoms with Crippen molar-refractivity contribution in [2.24, 2.45) is 11.3 Å². The lowest BCUT2D eigenvalue weighted by Crippen LogP contribution is -2.36. The summed E-state index contributed by atoms with van der Waals surface area (Å²) in [4.78, 5) is 11.4. The van der Waals surface area contributed by atoms with Crippen LogP contribution in [0.3, 0.4) is 0 Å². The minimum Gasteiger partial charge on any atom is -0.469 e. The largest absolute Gasteiger partial charge is 0.469 e. The van der Waals surface area contributed by atoms with Crippen molar-refractivity contribution in [1.29, 1.82) is 5.26 Å². The predicted octanol–water partition coefficient (Wildman–Crippen LogP) is 1.83. The molecule has 0 aromatic rings. The molecule has 6 heteroatoms. The van der Waals surface area contributed by atoms with Gasteiger partial charge in [-0.05, 0) is 31.1 Å². The maximum Gasteiger partial charge on any atom is 0.306 e. The quantitative estimate of drug-likeness (QED) is 0.723. The molecule has 0 amide bonds. The molecule has 2 saturated carbocycles. The monoisotopic (exact) mass is 299 g/mol. The zero-order chi connectivity index (χ0) is 14.8. The Morgan fingerprint density at radius 3 is 2.55 bits per heavy atom. The molecule has 2 rings (SSSR count). The minimum absolute atomic E-state index is 0.0257. The Hall–Kier alpha value is -1.09. The topological polar surface area (TPSA) is 84.2 Å². The van der Waals surface area contributed by atoms with Crippen molar-refractivity contribution in [2.45, 2.75) is 50.2 Å². The molecule has 2 aliphatic carbocycles. The Morgan fingerprint density at radius 1 is 1.35 bits per heavy atom. The lowest BCUT2D eigenvalue weighted by molar-refractivity contribution is -0.141. The number of rotatable bonds is 5. The Morgan fingerprint density at radius 2 is 2.00 bits per heavy atom. The van der Waals surface area contributed by atoms with Gasteiger partial charge in [0.15, 0.2) is 9.84 Å². The standard InChI is InChI=1S/C14H21NO4S/c1-19-13(16)8-14(6-7-14)10-20(17,18)12-5-3-2-4-11(12)9-15/h11-12H,2-8,10H2,1H3. The van der Waals surface area contributed by atoms with Crippen LogP contribution in [-0.4, -0.2) is 32.5 Å². The van der Waals surface area contributed by atoms with Gasteiger partial charge in [-0.25, -0.2) is 8.42 Å². The van der Waals surface area contributed by atoms with Crippen molar-refractivity contribution in [3.63, 3.8) is 0 Å². The third kappa shape index (κ3) is 3.32. The molecule has 0 aliphatic heterocycles. The summed E-state index contributed by atoms with van der Waals surface area (Å²) in [7, 11) is -2.00. The van der Waals surface area contributed by atoms with Crippen molar-refractivity contribution in [2.75, 3.05) is 12.9 Å².